The highest BCUT2D eigenvalue weighted by Gasteiger charge is 2.10. The van der Waals surface area contributed by atoms with Gasteiger partial charge in [-0.25, -0.2) is 4.98 Å². The van der Waals surface area contributed by atoms with E-state index in [4.69, 9.17) is 44.3 Å². The van der Waals surface area contributed by atoms with Gasteiger partial charge in [0, 0.05) is 32.9 Å². The molecular weight excluding hydrogens is 529 g/mol. The van der Waals surface area contributed by atoms with Gasteiger partial charge in [0.25, 0.3) is 0 Å². The summed E-state index contributed by atoms with van der Waals surface area (Å²) in [5, 5.41) is 6.76. The first-order valence-corrected chi connectivity index (χ1v) is 12.3. The molecule has 0 aliphatic heterocycles. The standard InChI is InChI=1S/C28H19Cl2N3O3S/c1-16-2-4-17(5-3-16)27-32-23-15-21(6-9-25(23)36-27)31-28(37)33-26(34)11-8-22-7-10-24(35-22)18-12-19(29)14-20(30)13-18/h2-15H,1H3,(H2,31,33,34,37)/b11-8+. The predicted octanol–water partition coefficient (Wildman–Crippen LogP) is 7.90. The number of carbonyl (C=O) groups is 1. The largest absolute Gasteiger partial charge is 0.457 e. The number of hydrogen-bond donors (Lipinski definition) is 2. The summed E-state index contributed by atoms with van der Waals surface area (Å²) >= 11 is 17.4. The minimum absolute atomic E-state index is 0.143. The number of aromatic nitrogens is 1. The number of carbonyl (C=O) groups excluding carboxylic acids is 1. The van der Waals surface area contributed by atoms with Crippen molar-refractivity contribution >= 4 is 69.3 Å². The number of hydrogen-bond acceptors (Lipinski definition) is 5. The van der Waals surface area contributed by atoms with Crippen LogP contribution in [0.15, 0.2) is 87.7 Å². The number of furan rings is 1. The Morgan fingerprint density at radius 2 is 1.68 bits per heavy atom. The molecule has 0 atom stereocenters. The first kappa shape index (κ1) is 24.8. The molecule has 0 spiro atoms. The van der Waals surface area contributed by atoms with Crippen LogP contribution in [0, 0.1) is 6.92 Å². The van der Waals surface area contributed by atoms with Crippen molar-refractivity contribution in [3.8, 4) is 22.8 Å². The van der Waals surface area contributed by atoms with Crippen LogP contribution >= 0.6 is 35.4 Å². The zero-order valence-corrected chi connectivity index (χ0v) is 21.7. The zero-order chi connectivity index (χ0) is 25.9. The Balaban J connectivity index is 1.20. The van der Waals surface area contributed by atoms with E-state index in [1.807, 2.05) is 31.2 Å². The van der Waals surface area contributed by atoms with Crippen LogP contribution in [0.1, 0.15) is 11.3 Å². The molecule has 9 heteroatoms. The molecule has 2 N–H and O–H groups in total. The summed E-state index contributed by atoms with van der Waals surface area (Å²) in [7, 11) is 0. The Hall–Kier alpha value is -3.91. The lowest BCUT2D eigenvalue weighted by molar-refractivity contribution is -0.115. The van der Waals surface area contributed by atoms with Gasteiger partial charge in [-0.05, 0) is 85.9 Å². The Bertz CT molecular complexity index is 1640. The monoisotopic (exact) mass is 547 g/mol. The highest BCUT2D eigenvalue weighted by atomic mass is 35.5. The summed E-state index contributed by atoms with van der Waals surface area (Å²) in [5.74, 6) is 1.19. The summed E-state index contributed by atoms with van der Waals surface area (Å²) in [6.45, 7) is 2.03. The van der Waals surface area contributed by atoms with Crippen LogP contribution in [0.25, 0.3) is 40.0 Å². The lowest BCUT2D eigenvalue weighted by atomic mass is 10.1. The van der Waals surface area contributed by atoms with Crippen molar-refractivity contribution in [1.82, 2.24) is 10.3 Å². The van der Waals surface area contributed by atoms with Crippen LogP contribution < -0.4 is 10.6 Å². The second kappa shape index (κ2) is 10.6. The second-order valence-corrected chi connectivity index (χ2v) is 9.49. The quantitative estimate of drug-likeness (QED) is 0.172. The molecule has 0 aliphatic carbocycles. The number of halogens is 2. The fraction of sp³-hybridized carbons (Fsp3) is 0.0357. The van der Waals surface area contributed by atoms with Crippen LogP contribution in [-0.2, 0) is 4.79 Å². The number of fused-ring (bicyclic) bond motifs is 1. The normalized spacial score (nSPS) is 11.2. The number of aryl methyl sites for hydroxylation is 1. The van der Waals surface area contributed by atoms with Gasteiger partial charge >= 0.3 is 0 Å². The van der Waals surface area contributed by atoms with Crippen LogP contribution in [0.4, 0.5) is 5.69 Å². The molecule has 184 valence electrons. The molecule has 0 saturated carbocycles. The van der Waals surface area contributed by atoms with Crippen molar-refractivity contribution in [2.75, 3.05) is 5.32 Å². The predicted molar refractivity (Wildman–Crippen MR) is 152 cm³/mol. The molecule has 1 amide bonds. The van der Waals surface area contributed by atoms with Crippen molar-refractivity contribution in [2.24, 2.45) is 0 Å². The van der Waals surface area contributed by atoms with Crippen LogP contribution in [0.5, 0.6) is 0 Å². The van der Waals surface area contributed by atoms with E-state index in [1.165, 1.54) is 6.08 Å². The third kappa shape index (κ3) is 6.09. The van der Waals surface area contributed by atoms with Crippen LogP contribution in [0.2, 0.25) is 10.0 Å². The van der Waals surface area contributed by atoms with Crippen molar-refractivity contribution in [2.45, 2.75) is 6.92 Å². The molecular formula is C28H19Cl2N3O3S. The summed E-state index contributed by atoms with van der Waals surface area (Å²) in [4.78, 5) is 16.9. The van der Waals surface area contributed by atoms with Gasteiger partial charge in [-0.1, -0.05) is 40.9 Å². The molecule has 0 fully saturated rings. The molecule has 0 radical (unpaired) electrons. The molecule has 0 unspecified atom stereocenters. The van der Waals surface area contributed by atoms with Gasteiger partial charge < -0.3 is 14.2 Å². The number of rotatable bonds is 5. The van der Waals surface area contributed by atoms with Gasteiger partial charge in [-0.2, -0.15) is 0 Å². The van der Waals surface area contributed by atoms with E-state index in [9.17, 15) is 4.79 Å². The average Bonchev–Trinajstić information content (AvgIpc) is 3.49. The maximum atomic E-state index is 12.4. The smallest absolute Gasteiger partial charge is 0.250 e. The molecule has 6 nitrogen and oxygen atoms in total. The summed E-state index contributed by atoms with van der Waals surface area (Å²) in [6.07, 6.45) is 2.87. The Morgan fingerprint density at radius 1 is 0.919 bits per heavy atom. The molecule has 0 aliphatic rings. The van der Waals surface area contributed by atoms with E-state index in [2.05, 4.69) is 15.6 Å². The van der Waals surface area contributed by atoms with Gasteiger partial charge in [-0.15, -0.1) is 0 Å². The van der Waals surface area contributed by atoms with Gasteiger partial charge in [0.15, 0.2) is 10.7 Å². The van der Waals surface area contributed by atoms with Gasteiger partial charge in [0.2, 0.25) is 11.8 Å². The fourth-order valence-electron chi connectivity index (χ4n) is 3.59. The fourth-order valence-corrected chi connectivity index (χ4v) is 4.34. The van der Waals surface area contributed by atoms with E-state index in [0.717, 1.165) is 16.7 Å². The lowest BCUT2D eigenvalue weighted by Gasteiger charge is -2.07. The van der Waals surface area contributed by atoms with E-state index in [1.54, 1.807) is 54.6 Å². The zero-order valence-electron chi connectivity index (χ0n) is 19.4. The van der Waals surface area contributed by atoms with Crippen LogP contribution in [-0.4, -0.2) is 16.0 Å². The summed E-state index contributed by atoms with van der Waals surface area (Å²) in [6, 6.07) is 22.0. The van der Waals surface area contributed by atoms with E-state index in [-0.39, 0.29) is 5.11 Å². The molecule has 5 aromatic rings. The van der Waals surface area contributed by atoms with Crippen molar-refractivity contribution < 1.29 is 13.6 Å². The minimum Gasteiger partial charge on any atom is -0.457 e. The molecule has 0 saturated heterocycles. The SMILES string of the molecule is Cc1ccc(-c2nc3cc(NC(=S)NC(=O)/C=C/c4ccc(-c5cc(Cl)cc(Cl)c5)o4)ccc3o2)cc1. The van der Waals surface area contributed by atoms with E-state index in [0.29, 0.717) is 44.2 Å². The Kier molecular flexibility index (Phi) is 7.10. The average molecular weight is 548 g/mol. The third-order valence-corrected chi connectivity index (χ3v) is 5.99. The number of nitrogens with zero attached hydrogens (tertiary/aromatic N) is 1. The van der Waals surface area contributed by atoms with Gasteiger partial charge in [-0.3, -0.25) is 10.1 Å². The molecule has 2 heterocycles. The molecule has 2 aromatic heterocycles. The first-order valence-electron chi connectivity index (χ1n) is 11.2. The lowest BCUT2D eigenvalue weighted by Crippen LogP contribution is -2.32. The second-order valence-electron chi connectivity index (χ2n) is 8.20. The molecule has 3 aromatic carbocycles. The van der Waals surface area contributed by atoms with E-state index < -0.39 is 5.91 Å². The van der Waals surface area contributed by atoms with Gasteiger partial charge in [0.1, 0.15) is 17.0 Å². The topological polar surface area (TPSA) is 80.3 Å². The number of amides is 1. The number of oxazole rings is 1. The Labute approximate surface area is 227 Å². The van der Waals surface area contributed by atoms with E-state index >= 15 is 0 Å². The summed E-state index contributed by atoms with van der Waals surface area (Å²) < 4.78 is 11.6. The third-order valence-electron chi connectivity index (χ3n) is 5.35. The highest BCUT2D eigenvalue weighted by Crippen LogP contribution is 2.29. The highest BCUT2D eigenvalue weighted by molar-refractivity contribution is 7.80. The van der Waals surface area contributed by atoms with Crippen molar-refractivity contribution in [1.29, 1.82) is 0 Å². The minimum atomic E-state index is -0.412. The Morgan fingerprint density at radius 3 is 2.43 bits per heavy atom. The number of benzene rings is 3. The maximum absolute atomic E-state index is 12.4. The number of anilines is 1. The first-order chi connectivity index (χ1) is 17.8. The molecule has 37 heavy (non-hydrogen) atoms. The number of nitrogens with one attached hydrogen (secondary N) is 2. The molecule has 0 bridgehead atoms. The van der Waals surface area contributed by atoms with Crippen molar-refractivity contribution in [3.63, 3.8) is 0 Å². The van der Waals surface area contributed by atoms with Crippen molar-refractivity contribution in [3.05, 3.63) is 100 Å². The van der Waals surface area contributed by atoms with Crippen LogP contribution in [0.3, 0.4) is 0 Å². The number of thiocarbonyl (C=S) groups is 1. The molecule has 5 rings (SSSR count). The van der Waals surface area contributed by atoms with Gasteiger partial charge in [0.05, 0.1) is 0 Å². The summed E-state index contributed by atoms with van der Waals surface area (Å²) in [5.41, 5.74) is 4.78. The maximum Gasteiger partial charge on any atom is 0.250 e.